The van der Waals surface area contributed by atoms with Gasteiger partial charge in [-0.15, -0.1) is 0 Å². The lowest BCUT2D eigenvalue weighted by Crippen LogP contribution is -2.35. The van der Waals surface area contributed by atoms with E-state index < -0.39 is 6.04 Å². The summed E-state index contributed by atoms with van der Waals surface area (Å²) in [6.07, 6.45) is 2.77. The highest BCUT2D eigenvalue weighted by Gasteiger charge is 2.13. The number of hydrogen-bond donors (Lipinski definition) is 2. The summed E-state index contributed by atoms with van der Waals surface area (Å²) in [5.41, 5.74) is 7.84. The van der Waals surface area contributed by atoms with Gasteiger partial charge in [0.2, 0.25) is 5.91 Å². The van der Waals surface area contributed by atoms with E-state index in [1.165, 1.54) is 5.69 Å². The third kappa shape index (κ3) is 5.38. The van der Waals surface area contributed by atoms with Crippen LogP contribution in [0.25, 0.3) is 0 Å². The zero-order chi connectivity index (χ0) is 15.8. The molecule has 1 atom stereocenters. The summed E-state index contributed by atoms with van der Waals surface area (Å²) < 4.78 is 0. The van der Waals surface area contributed by atoms with Gasteiger partial charge in [0, 0.05) is 24.0 Å². The third-order valence-electron chi connectivity index (χ3n) is 3.64. The lowest BCUT2D eigenvalue weighted by atomic mass is 10.1. The first-order valence-corrected chi connectivity index (χ1v) is 7.92. The van der Waals surface area contributed by atoms with Gasteiger partial charge in [0.1, 0.15) is 0 Å². The summed E-state index contributed by atoms with van der Waals surface area (Å²) in [4.78, 5) is 14.3. The molecule has 118 valence electrons. The number of unbranched alkanes of at least 4 members (excludes halogenated alkanes) is 1. The molecule has 0 aliphatic rings. The number of anilines is 2. The van der Waals surface area contributed by atoms with Gasteiger partial charge in [-0.3, -0.25) is 4.79 Å². The first-order chi connectivity index (χ1) is 9.99. The molecule has 1 rings (SSSR count). The second-order valence-electron chi connectivity index (χ2n) is 5.66. The molecular weight excluding hydrogens is 262 g/mol. The molecule has 21 heavy (non-hydrogen) atoms. The molecule has 0 bridgehead atoms. The molecule has 1 amide bonds. The van der Waals surface area contributed by atoms with Crippen molar-refractivity contribution < 1.29 is 4.79 Å². The maximum atomic E-state index is 12.0. The smallest absolute Gasteiger partial charge is 0.241 e. The second-order valence-corrected chi connectivity index (χ2v) is 5.66. The zero-order valence-electron chi connectivity index (χ0n) is 13.7. The van der Waals surface area contributed by atoms with Gasteiger partial charge in [-0.05, 0) is 51.5 Å². The van der Waals surface area contributed by atoms with E-state index in [1.807, 2.05) is 24.3 Å². The Labute approximate surface area is 128 Å². The number of nitrogens with zero attached hydrogens (tertiary/aromatic N) is 1. The summed E-state index contributed by atoms with van der Waals surface area (Å²) in [6.45, 7) is 9.54. The minimum absolute atomic E-state index is 0.104. The lowest BCUT2D eigenvalue weighted by Gasteiger charge is -2.27. The van der Waals surface area contributed by atoms with Crippen LogP contribution >= 0.6 is 0 Å². The summed E-state index contributed by atoms with van der Waals surface area (Å²) in [5, 5.41) is 2.88. The molecule has 0 fully saturated rings. The van der Waals surface area contributed by atoms with Gasteiger partial charge in [-0.1, -0.05) is 19.8 Å². The highest BCUT2D eigenvalue weighted by atomic mass is 16.2. The number of carbonyl (C=O) groups is 1. The quantitative estimate of drug-likeness (QED) is 0.772. The minimum atomic E-state index is -0.424. The van der Waals surface area contributed by atoms with Crippen LogP contribution in [0.5, 0.6) is 0 Å². The fraction of sp³-hybridized carbons (Fsp3) is 0.588. The van der Waals surface area contributed by atoms with Crippen molar-refractivity contribution in [3.63, 3.8) is 0 Å². The lowest BCUT2D eigenvalue weighted by molar-refractivity contribution is -0.117. The van der Waals surface area contributed by atoms with Crippen LogP contribution in [-0.4, -0.2) is 24.5 Å². The van der Waals surface area contributed by atoms with Crippen LogP contribution in [0.2, 0.25) is 0 Å². The fourth-order valence-corrected chi connectivity index (χ4v) is 2.37. The number of carbonyl (C=O) groups excluding carboxylic acids is 1. The number of nitrogens with one attached hydrogen (secondary N) is 1. The number of amides is 1. The Balaban J connectivity index is 2.64. The van der Waals surface area contributed by atoms with Crippen LogP contribution in [-0.2, 0) is 4.79 Å². The van der Waals surface area contributed by atoms with Crippen LogP contribution in [0.1, 0.15) is 47.0 Å². The molecule has 3 N–H and O–H groups in total. The average Bonchev–Trinajstić information content (AvgIpc) is 2.46. The van der Waals surface area contributed by atoms with Crippen LogP contribution in [0.4, 0.5) is 11.4 Å². The molecule has 0 spiro atoms. The van der Waals surface area contributed by atoms with Crippen LogP contribution < -0.4 is 16.0 Å². The number of hydrogen-bond acceptors (Lipinski definition) is 3. The van der Waals surface area contributed by atoms with Gasteiger partial charge in [0.15, 0.2) is 0 Å². The standard InChI is InChI=1S/C17H29N3O/c1-5-7-8-16(18)17(21)19-14-9-11-15(12-10-14)20(6-2)13(3)4/h9-13,16H,5-8,18H2,1-4H3,(H,19,21). The molecule has 0 saturated carbocycles. The van der Waals surface area contributed by atoms with Gasteiger partial charge in [-0.2, -0.15) is 0 Å². The Morgan fingerprint density at radius 1 is 1.24 bits per heavy atom. The Kier molecular flexibility index (Phi) is 7.23. The summed E-state index contributed by atoms with van der Waals surface area (Å²) in [6, 6.07) is 7.98. The first kappa shape index (κ1) is 17.5. The molecular formula is C17H29N3O. The Bertz CT molecular complexity index is 428. The van der Waals surface area contributed by atoms with Crippen molar-refractivity contribution in [2.24, 2.45) is 5.73 Å². The van der Waals surface area contributed by atoms with Crippen LogP contribution in [0.15, 0.2) is 24.3 Å². The number of rotatable bonds is 8. The van der Waals surface area contributed by atoms with Crippen molar-refractivity contribution in [2.45, 2.75) is 59.0 Å². The van der Waals surface area contributed by atoms with Gasteiger partial charge < -0.3 is 16.0 Å². The Morgan fingerprint density at radius 2 is 1.86 bits per heavy atom. The first-order valence-electron chi connectivity index (χ1n) is 7.92. The highest BCUT2D eigenvalue weighted by Crippen LogP contribution is 2.20. The average molecular weight is 291 g/mol. The fourth-order valence-electron chi connectivity index (χ4n) is 2.37. The van der Waals surface area contributed by atoms with Crippen molar-refractivity contribution in [1.82, 2.24) is 0 Å². The highest BCUT2D eigenvalue weighted by molar-refractivity contribution is 5.94. The monoisotopic (exact) mass is 291 g/mol. The van der Waals surface area contributed by atoms with Gasteiger partial charge in [0.05, 0.1) is 6.04 Å². The van der Waals surface area contributed by atoms with E-state index in [2.05, 4.69) is 37.9 Å². The summed E-state index contributed by atoms with van der Waals surface area (Å²) >= 11 is 0. The van der Waals surface area contributed by atoms with Crippen molar-refractivity contribution in [2.75, 3.05) is 16.8 Å². The number of benzene rings is 1. The Hall–Kier alpha value is -1.55. The number of nitrogens with two attached hydrogens (primary N) is 1. The van der Waals surface area contributed by atoms with Crippen molar-refractivity contribution >= 4 is 17.3 Å². The van der Waals surface area contributed by atoms with Crippen molar-refractivity contribution in [3.8, 4) is 0 Å². The predicted molar refractivity (Wildman–Crippen MR) is 90.7 cm³/mol. The van der Waals surface area contributed by atoms with Gasteiger partial charge >= 0.3 is 0 Å². The maximum Gasteiger partial charge on any atom is 0.241 e. The molecule has 0 aliphatic carbocycles. The normalized spacial score (nSPS) is 12.3. The third-order valence-corrected chi connectivity index (χ3v) is 3.64. The molecule has 1 unspecified atom stereocenters. The van der Waals surface area contributed by atoms with E-state index in [0.717, 1.165) is 31.5 Å². The molecule has 0 heterocycles. The van der Waals surface area contributed by atoms with Gasteiger partial charge in [0.25, 0.3) is 0 Å². The largest absolute Gasteiger partial charge is 0.369 e. The SMILES string of the molecule is CCCCC(N)C(=O)Nc1ccc(N(CC)C(C)C)cc1. The van der Waals surface area contributed by atoms with E-state index in [4.69, 9.17) is 5.73 Å². The molecule has 0 aliphatic heterocycles. The van der Waals surface area contributed by atoms with Crippen molar-refractivity contribution in [3.05, 3.63) is 24.3 Å². The molecule has 0 radical (unpaired) electrons. The van der Waals surface area contributed by atoms with E-state index >= 15 is 0 Å². The predicted octanol–water partition coefficient (Wildman–Crippen LogP) is 3.38. The van der Waals surface area contributed by atoms with Gasteiger partial charge in [-0.25, -0.2) is 0 Å². The van der Waals surface area contributed by atoms with Crippen LogP contribution in [0.3, 0.4) is 0 Å². The zero-order valence-corrected chi connectivity index (χ0v) is 13.7. The van der Waals surface area contributed by atoms with Crippen molar-refractivity contribution in [1.29, 1.82) is 0 Å². The molecule has 4 heteroatoms. The molecule has 1 aromatic carbocycles. The summed E-state index contributed by atoms with van der Waals surface area (Å²) in [5.74, 6) is -0.104. The van der Waals surface area contributed by atoms with E-state index in [9.17, 15) is 4.79 Å². The molecule has 0 aromatic heterocycles. The topological polar surface area (TPSA) is 58.4 Å². The van der Waals surface area contributed by atoms with E-state index in [-0.39, 0.29) is 5.91 Å². The second kappa shape index (κ2) is 8.67. The molecule has 0 saturated heterocycles. The van der Waals surface area contributed by atoms with E-state index in [0.29, 0.717) is 6.04 Å². The molecule has 1 aromatic rings. The minimum Gasteiger partial charge on any atom is -0.369 e. The molecule has 4 nitrogen and oxygen atoms in total. The summed E-state index contributed by atoms with van der Waals surface area (Å²) in [7, 11) is 0. The van der Waals surface area contributed by atoms with Crippen LogP contribution in [0, 0.1) is 0 Å². The van der Waals surface area contributed by atoms with E-state index in [1.54, 1.807) is 0 Å². The Morgan fingerprint density at radius 3 is 2.33 bits per heavy atom. The maximum absolute atomic E-state index is 12.0.